The number of pyridine rings is 1. The molecule has 0 fully saturated rings. The van der Waals surface area contributed by atoms with Gasteiger partial charge in [0.25, 0.3) is 0 Å². The monoisotopic (exact) mass is 294 g/mol. The molecule has 0 aliphatic heterocycles. The van der Waals surface area contributed by atoms with Gasteiger partial charge in [0.2, 0.25) is 0 Å². The fourth-order valence-corrected chi connectivity index (χ4v) is 2.06. The molecule has 112 valence electrons. The average molecular weight is 294 g/mol. The number of benzene rings is 1. The highest BCUT2D eigenvalue weighted by Crippen LogP contribution is 2.30. The second-order valence-electron chi connectivity index (χ2n) is 4.99. The van der Waals surface area contributed by atoms with E-state index in [1.807, 2.05) is 26.0 Å². The van der Waals surface area contributed by atoms with Gasteiger partial charge in [-0.3, -0.25) is 4.98 Å². The van der Waals surface area contributed by atoms with Gasteiger partial charge in [0.1, 0.15) is 0 Å². The first-order chi connectivity index (χ1) is 9.88. The van der Waals surface area contributed by atoms with Gasteiger partial charge in [0.05, 0.1) is 11.3 Å². The molecule has 1 N–H and O–H groups in total. The summed E-state index contributed by atoms with van der Waals surface area (Å²) in [5.41, 5.74) is 1.94. The van der Waals surface area contributed by atoms with E-state index in [4.69, 9.17) is 0 Å². The van der Waals surface area contributed by atoms with Gasteiger partial charge in [-0.2, -0.15) is 13.2 Å². The van der Waals surface area contributed by atoms with Gasteiger partial charge in [-0.25, -0.2) is 0 Å². The third-order valence-corrected chi connectivity index (χ3v) is 3.41. The third-order valence-electron chi connectivity index (χ3n) is 3.41. The van der Waals surface area contributed by atoms with Crippen molar-refractivity contribution in [2.45, 2.75) is 32.6 Å². The third kappa shape index (κ3) is 4.04. The zero-order valence-electron chi connectivity index (χ0n) is 11.9. The Morgan fingerprint density at radius 1 is 1.19 bits per heavy atom. The van der Waals surface area contributed by atoms with Crippen molar-refractivity contribution in [2.75, 3.05) is 0 Å². The molecule has 2 rings (SSSR count). The second kappa shape index (κ2) is 6.26. The molecule has 21 heavy (non-hydrogen) atoms. The number of hydrogen-bond donors (Lipinski definition) is 1. The Labute approximate surface area is 122 Å². The van der Waals surface area contributed by atoms with Crippen molar-refractivity contribution in [3.8, 4) is 0 Å². The van der Waals surface area contributed by atoms with E-state index >= 15 is 0 Å². The van der Waals surface area contributed by atoms with Crippen LogP contribution in [-0.4, -0.2) is 4.98 Å². The summed E-state index contributed by atoms with van der Waals surface area (Å²) in [7, 11) is 0. The molecular formula is C16H17F3N2. The van der Waals surface area contributed by atoms with E-state index in [9.17, 15) is 13.2 Å². The van der Waals surface area contributed by atoms with E-state index < -0.39 is 11.7 Å². The fourth-order valence-electron chi connectivity index (χ4n) is 2.06. The maximum absolute atomic E-state index is 12.7. The summed E-state index contributed by atoms with van der Waals surface area (Å²) < 4.78 is 38.1. The van der Waals surface area contributed by atoms with Crippen molar-refractivity contribution in [3.63, 3.8) is 0 Å². The van der Waals surface area contributed by atoms with E-state index in [1.165, 1.54) is 12.1 Å². The van der Waals surface area contributed by atoms with Gasteiger partial charge in [-0.1, -0.05) is 18.2 Å². The predicted octanol–water partition coefficient (Wildman–Crippen LogP) is 4.26. The highest BCUT2D eigenvalue weighted by Gasteiger charge is 2.30. The second-order valence-corrected chi connectivity index (χ2v) is 4.99. The minimum atomic E-state index is -4.31. The molecule has 1 heterocycles. The van der Waals surface area contributed by atoms with Crippen LogP contribution in [0, 0.1) is 6.92 Å². The quantitative estimate of drug-likeness (QED) is 0.911. The first-order valence-electron chi connectivity index (χ1n) is 6.69. The minimum Gasteiger partial charge on any atom is -0.305 e. The van der Waals surface area contributed by atoms with Crippen molar-refractivity contribution in [1.82, 2.24) is 10.3 Å². The molecule has 2 aromatic rings. The minimum absolute atomic E-state index is 0.186. The lowest BCUT2D eigenvalue weighted by Gasteiger charge is -2.16. The Morgan fingerprint density at radius 3 is 2.62 bits per heavy atom. The van der Waals surface area contributed by atoms with Gasteiger partial charge in [0, 0.05) is 18.8 Å². The van der Waals surface area contributed by atoms with Gasteiger partial charge < -0.3 is 5.32 Å². The van der Waals surface area contributed by atoms with Crippen LogP contribution in [0.25, 0.3) is 0 Å². The summed E-state index contributed by atoms with van der Waals surface area (Å²) in [6, 6.07) is 9.02. The van der Waals surface area contributed by atoms with E-state index in [2.05, 4.69) is 10.3 Å². The fraction of sp³-hybridized carbons (Fsp3) is 0.312. The predicted molar refractivity (Wildman–Crippen MR) is 75.7 cm³/mol. The van der Waals surface area contributed by atoms with Crippen LogP contribution in [0.3, 0.4) is 0 Å². The number of nitrogens with zero attached hydrogens (tertiary/aromatic N) is 1. The lowest BCUT2D eigenvalue weighted by Crippen LogP contribution is -2.20. The van der Waals surface area contributed by atoms with Crippen molar-refractivity contribution in [2.24, 2.45) is 0 Å². The number of rotatable bonds is 4. The lowest BCUT2D eigenvalue weighted by atomic mass is 10.0. The van der Waals surface area contributed by atoms with E-state index in [-0.39, 0.29) is 6.04 Å². The van der Waals surface area contributed by atoms with E-state index in [1.54, 1.807) is 12.3 Å². The van der Waals surface area contributed by atoms with Crippen LogP contribution >= 0.6 is 0 Å². The molecule has 2 nitrogen and oxygen atoms in total. The SMILES string of the molecule is Cc1cccnc1CNC(C)c1cccc(C(F)(F)F)c1. The summed E-state index contributed by atoms with van der Waals surface area (Å²) in [6.07, 6.45) is -2.60. The first kappa shape index (κ1) is 15.5. The Bertz CT molecular complexity index is 608. The van der Waals surface area contributed by atoms with Gasteiger partial charge in [-0.05, 0) is 43.2 Å². The summed E-state index contributed by atoms with van der Waals surface area (Å²) in [5.74, 6) is 0. The molecule has 1 aromatic heterocycles. The van der Waals surface area contributed by atoms with Crippen LogP contribution in [0.1, 0.15) is 35.3 Å². The topological polar surface area (TPSA) is 24.9 Å². The van der Waals surface area contributed by atoms with Crippen molar-refractivity contribution < 1.29 is 13.2 Å². The Morgan fingerprint density at radius 2 is 1.95 bits per heavy atom. The number of aromatic nitrogens is 1. The summed E-state index contributed by atoms with van der Waals surface area (Å²) in [6.45, 7) is 4.32. The summed E-state index contributed by atoms with van der Waals surface area (Å²) >= 11 is 0. The highest BCUT2D eigenvalue weighted by atomic mass is 19.4. The molecule has 0 saturated carbocycles. The lowest BCUT2D eigenvalue weighted by molar-refractivity contribution is -0.137. The molecule has 1 unspecified atom stereocenters. The van der Waals surface area contributed by atoms with E-state index in [0.29, 0.717) is 12.1 Å². The first-order valence-corrected chi connectivity index (χ1v) is 6.69. The van der Waals surface area contributed by atoms with Crippen LogP contribution in [0.5, 0.6) is 0 Å². The largest absolute Gasteiger partial charge is 0.416 e. The zero-order chi connectivity index (χ0) is 15.5. The standard InChI is InChI=1S/C16H17F3N2/c1-11-5-4-8-20-15(11)10-21-12(2)13-6-3-7-14(9-13)16(17,18)19/h3-9,12,21H,10H2,1-2H3. The van der Waals surface area contributed by atoms with Crippen LogP contribution in [-0.2, 0) is 12.7 Å². The van der Waals surface area contributed by atoms with Crippen LogP contribution < -0.4 is 5.32 Å². The molecule has 0 amide bonds. The summed E-state index contributed by atoms with van der Waals surface area (Å²) in [4.78, 5) is 4.26. The molecule has 0 aliphatic rings. The number of alkyl halides is 3. The molecule has 5 heteroatoms. The maximum atomic E-state index is 12.7. The number of halogens is 3. The highest BCUT2D eigenvalue weighted by molar-refractivity contribution is 5.28. The van der Waals surface area contributed by atoms with Crippen molar-refractivity contribution >= 4 is 0 Å². The molecule has 0 bridgehead atoms. The Hall–Kier alpha value is -1.88. The zero-order valence-corrected chi connectivity index (χ0v) is 11.9. The van der Waals surface area contributed by atoms with Crippen molar-refractivity contribution in [3.05, 3.63) is 65.0 Å². The molecular weight excluding hydrogens is 277 g/mol. The van der Waals surface area contributed by atoms with Gasteiger partial charge in [-0.15, -0.1) is 0 Å². The van der Waals surface area contributed by atoms with E-state index in [0.717, 1.165) is 17.3 Å². The molecule has 0 saturated heterocycles. The molecule has 1 aromatic carbocycles. The number of nitrogens with one attached hydrogen (secondary N) is 1. The number of aryl methyl sites for hydroxylation is 1. The van der Waals surface area contributed by atoms with Gasteiger partial charge in [0.15, 0.2) is 0 Å². The number of hydrogen-bond acceptors (Lipinski definition) is 2. The molecule has 0 radical (unpaired) electrons. The Balaban J connectivity index is 2.07. The summed E-state index contributed by atoms with van der Waals surface area (Å²) in [5, 5.41) is 3.20. The molecule has 1 atom stereocenters. The van der Waals surface area contributed by atoms with Crippen LogP contribution in [0.2, 0.25) is 0 Å². The average Bonchev–Trinajstić information content (AvgIpc) is 2.45. The Kier molecular flexibility index (Phi) is 4.63. The smallest absolute Gasteiger partial charge is 0.305 e. The molecule has 0 spiro atoms. The normalized spacial score (nSPS) is 13.2. The van der Waals surface area contributed by atoms with Gasteiger partial charge >= 0.3 is 6.18 Å². The van der Waals surface area contributed by atoms with Crippen LogP contribution in [0.4, 0.5) is 13.2 Å². The maximum Gasteiger partial charge on any atom is 0.416 e. The van der Waals surface area contributed by atoms with Crippen molar-refractivity contribution in [1.29, 1.82) is 0 Å². The van der Waals surface area contributed by atoms with Crippen LogP contribution in [0.15, 0.2) is 42.6 Å². The molecule has 0 aliphatic carbocycles.